The van der Waals surface area contributed by atoms with E-state index >= 15 is 0 Å². The number of carbonyl (C=O) groups is 2. The second-order valence-electron chi connectivity index (χ2n) is 9.51. The van der Waals surface area contributed by atoms with Crippen LogP contribution in [0.5, 0.6) is 11.5 Å². The van der Waals surface area contributed by atoms with Crippen LogP contribution in [-0.4, -0.2) is 42.0 Å². The Balaban J connectivity index is 1.44. The second kappa shape index (κ2) is 11.4. The molecule has 6 heteroatoms. The number of benzene rings is 2. The van der Waals surface area contributed by atoms with Crippen molar-refractivity contribution in [3.05, 3.63) is 59.2 Å². The van der Waals surface area contributed by atoms with Gasteiger partial charge in [-0.1, -0.05) is 55.2 Å². The maximum Gasteiger partial charge on any atom is 0.242 e. The molecule has 1 atom stereocenters. The number of aryl methyl sites for hydroxylation is 2. The average molecular weight is 465 g/mol. The molecule has 4 rings (SSSR count). The van der Waals surface area contributed by atoms with Crippen molar-refractivity contribution in [1.29, 1.82) is 0 Å². The Kier molecular flexibility index (Phi) is 8.09. The van der Waals surface area contributed by atoms with Crippen LogP contribution in [0.15, 0.2) is 42.5 Å². The topological polar surface area (TPSA) is 67.9 Å². The number of carbonyl (C=O) groups excluding carboxylic acids is 2. The van der Waals surface area contributed by atoms with Crippen LogP contribution >= 0.6 is 0 Å². The first-order chi connectivity index (χ1) is 16.5. The highest BCUT2D eigenvalue weighted by Crippen LogP contribution is 2.31. The summed E-state index contributed by atoms with van der Waals surface area (Å²) in [5.41, 5.74) is 3.19. The monoisotopic (exact) mass is 464 g/mol. The van der Waals surface area contributed by atoms with Crippen LogP contribution in [-0.2, 0) is 22.6 Å². The van der Waals surface area contributed by atoms with E-state index in [1.807, 2.05) is 50.2 Å². The van der Waals surface area contributed by atoms with Crippen molar-refractivity contribution in [2.75, 3.05) is 13.2 Å². The third kappa shape index (κ3) is 6.31. The summed E-state index contributed by atoms with van der Waals surface area (Å²) >= 11 is 0. The molecule has 1 saturated carbocycles. The molecule has 0 aromatic heterocycles. The first kappa shape index (κ1) is 24.1. The molecule has 182 valence electrons. The molecular weight excluding hydrogens is 428 g/mol. The van der Waals surface area contributed by atoms with Gasteiger partial charge in [0, 0.05) is 19.0 Å². The van der Waals surface area contributed by atoms with Gasteiger partial charge in [0.1, 0.15) is 19.3 Å². The Bertz CT molecular complexity index is 1000. The van der Waals surface area contributed by atoms with Crippen LogP contribution in [0.1, 0.15) is 62.1 Å². The highest BCUT2D eigenvalue weighted by molar-refractivity contribution is 5.87. The van der Waals surface area contributed by atoms with E-state index in [4.69, 9.17) is 9.47 Å². The van der Waals surface area contributed by atoms with Crippen molar-refractivity contribution < 1.29 is 19.1 Å². The zero-order valence-electron chi connectivity index (χ0n) is 20.3. The van der Waals surface area contributed by atoms with E-state index in [2.05, 4.69) is 11.4 Å². The van der Waals surface area contributed by atoms with Crippen LogP contribution in [0, 0.1) is 6.92 Å². The van der Waals surface area contributed by atoms with Gasteiger partial charge in [-0.15, -0.1) is 0 Å². The van der Waals surface area contributed by atoms with Gasteiger partial charge < -0.3 is 19.7 Å². The number of hydrogen-bond donors (Lipinski definition) is 1. The Morgan fingerprint density at radius 1 is 1.00 bits per heavy atom. The molecular formula is C28H36N2O4. The van der Waals surface area contributed by atoms with Crippen LogP contribution in [0.4, 0.5) is 0 Å². The van der Waals surface area contributed by atoms with Crippen molar-refractivity contribution in [3.8, 4) is 11.5 Å². The normalized spacial score (nSPS) is 16.5. The van der Waals surface area contributed by atoms with Gasteiger partial charge >= 0.3 is 0 Å². The third-order valence-corrected chi connectivity index (χ3v) is 6.79. The van der Waals surface area contributed by atoms with Crippen LogP contribution in [0.3, 0.4) is 0 Å². The van der Waals surface area contributed by atoms with Crippen molar-refractivity contribution >= 4 is 11.8 Å². The quantitative estimate of drug-likeness (QED) is 0.622. The lowest BCUT2D eigenvalue weighted by Gasteiger charge is -2.31. The molecule has 0 spiro atoms. The minimum Gasteiger partial charge on any atom is -0.486 e. The molecule has 1 fully saturated rings. The number of ether oxygens (including phenoxy) is 2. The molecule has 1 unspecified atom stereocenters. The fourth-order valence-electron chi connectivity index (χ4n) is 4.80. The second-order valence-corrected chi connectivity index (χ2v) is 9.51. The minimum atomic E-state index is -0.532. The fourth-order valence-corrected chi connectivity index (χ4v) is 4.80. The summed E-state index contributed by atoms with van der Waals surface area (Å²) < 4.78 is 11.3. The maximum absolute atomic E-state index is 13.4. The van der Waals surface area contributed by atoms with Gasteiger partial charge in [0.05, 0.1) is 0 Å². The number of fused-ring (bicyclic) bond motifs is 1. The maximum atomic E-state index is 13.4. The number of nitrogens with zero attached hydrogens (tertiary/aromatic N) is 1. The fraction of sp³-hybridized carbons (Fsp3) is 0.500. The minimum absolute atomic E-state index is 0.0253. The van der Waals surface area contributed by atoms with Gasteiger partial charge in [-0.3, -0.25) is 9.59 Å². The molecule has 1 heterocycles. The van der Waals surface area contributed by atoms with E-state index < -0.39 is 6.04 Å². The summed E-state index contributed by atoms with van der Waals surface area (Å²) in [4.78, 5) is 28.3. The standard InChI is InChI=1S/C28H36N2O4/c1-20-7-6-8-23(17-20)19-30(21(2)28(32)29-24-9-4-3-5-10-24)27(31)14-12-22-11-13-25-26(18-22)34-16-15-33-25/h6-8,11,13,17-18,21,24H,3-5,9-10,12,14-16,19H2,1-2H3,(H,29,32). The molecule has 34 heavy (non-hydrogen) atoms. The van der Waals surface area contributed by atoms with Crippen molar-refractivity contribution in [2.24, 2.45) is 0 Å². The van der Waals surface area contributed by atoms with E-state index in [0.29, 0.717) is 32.6 Å². The van der Waals surface area contributed by atoms with E-state index in [9.17, 15) is 9.59 Å². The van der Waals surface area contributed by atoms with Gasteiger partial charge in [0.25, 0.3) is 0 Å². The van der Waals surface area contributed by atoms with Gasteiger partial charge in [-0.2, -0.15) is 0 Å². The highest BCUT2D eigenvalue weighted by Gasteiger charge is 2.28. The van der Waals surface area contributed by atoms with Gasteiger partial charge in [0.15, 0.2) is 11.5 Å². The van der Waals surface area contributed by atoms with Crippen molar-refractivity contribution in [3.63, 3.8) is 0 Å². The van der Waals surface area contributed by atoms with Crippen LogP contribution < -0.4 is 14.8 Å². The van der Waals surface area contributed by atoms with E-state index in [-0.39, 0.29) is 17.9 Å². The third-order valence-electron chi connectivity index (χ3n) is 6.79. The lowest BCUT2D eigenvalue weighted by atomic mass is 9.95. The molecule has 0 saturated heterocycles. The summed E-state index contributed by atoms with van der Waals surface area (Å²) in [7, 11) is 0. The molecule has 2 aromatic rings. The first-order valence-corrected chi connectivity index (χ1v) is 12.5. The number of nitrogens with one attached hydrogen (secondary N) is 1. The zero-order valence-corrected chi connectivity index (χ0v) is 20.3. The lowest BCUT2D eigenvalue weighted by molar-refractivity contribution is -0.141. The largest absolute Gasteiger partial charge is 0.486 e. The molecule has 1 aliphatic heterocycles. The van der Waals surface area contributed by atoms with E-state index in [1.54, 1.807) is 4.90 Å². The SMILES string of the molecule is Cc1cccc(CN(C(=O)CCc2ccc3c(c2)OCCO3)C(C)C(=O)NC2CCCCC2)c1. The zero-order chi connectivity index (χ0) is 23.9. The predicted molar refractivity (Wildman–Crippen MR) is 132 cm³/mol. The first-order valence-electron chi connectivity index (χ1n) is 12.5. The molecule has 2 aliphatic rings. The molecule has 2 aromatic carbocycles. The highest BCUT2D eigenvalue weighted by atomic mass is 16.6. The molecule has 0 radical (unpaired) electrons. The van der Waals surface area contributed by atoms with E-state index in [0.717, 1.165) is 53.9 Å². The van der Waals surface area contributed by atoms with Gasteiger partial charge in [-0.05, 0) is 56.4 Å². The Hall–Kier alpha value is -3.02. The smallest absolute Gasteiger partial charge is 0.242 e. The molecule has 1 N–H and O–H groups in total. The van der Waals surface area contributed by atoms with Gasteiger partial charge in [-0.25, -0.2) is 0 Å². The number of hydrogen-bond acceptors (Lipinski definition) is 4. The summed E-state index contributed by atoms with van der Waals surface area (Å²) in [5, 5.41) is 3.20. The van der Waals surface area contributed by atoms with Crippen molar-refractivity contribution in [1.82, 2.24) is 10.2 Å². The van der Waals surface area contributed by atoms with E-state index in [1.165, 1.54) is 6.42 Å². The molecule has 2 amide bonds. The Labute approximate surface area is 202 Å². The number of rotatable bonds is 8. The summed E-state index contributed by atoms with van der Waals surface area (Å²) in [6, 6.07) is 13.6. The molecule has 0 bridgehead atoms. The number of amides is 2. The summed E-state index contributed by atoms with van der Waals surface area (Å²) in [6.45, 7) is 5.39. The van der Waals surface area contributed by atoms with Crippen LogP contribution in [0.2, 0.25) is 0 Å². The molecule has 1 aliphatic carbocycles. The lowest BCUT2D eigenvalue weighted by Crippen LogP contribution is -2.50. The average Bonchev–Trinajstić information content (AvgIpc) is 2.86. The Morgan fingerprint density at radius 2 is 1.76 bits per heavy atom. The van der Waals surface area contributed by atoms with Crippen molar-refractivity contribution in [2.45, 2.75) is 77.4 Å². The summed E-state index contributed by atoms with van der Waals surface area (Å²) in [6.07, 6.45) is 6.49. The predicted octanol–water partition coefficient (Wildman–Crippen LogP) is 4.57. The van der Waals surface area contributed by atoms with Crippen LogP contribution in [0.25, 0.3) is 0 Å². The Morgan fingerprint density at radius 3 is 2.53 bits per heavy atom. The molecule has 6 nitrogen and oxygen atoms in total. The van der Waals surface area contributed by atoms with Gasteiger partial charge in [0.2, 0.25) is 11.8 Å². The summed E-state index contributed by atoms with van der Waals surface area (Å²) in [5.74, 6) is 1.39.